The number of benzene rings is 1. The minimum atomic E-state index is 0.256. The Balaban J connectivity index is 2.47. The molecule has 94 valence electrons. The molecular weight excluding hydrogens is 228 g/mol. The molecule has 17 heavy (non-hydrogen) atoms. The standard InChI is InChI=1S/C15H22OS/c1-4-5-15(16)13-6-8-14(9-7-13)17-11-10-12(2)3/h6-9,12H,4-5,10-11H2,1-3H3. The Morgan fingerprint density at radius 1 is 1.24 bits per heavy atom. The SMILES string of the molecule is CCCC(=O)c1ccc(SCCC(C)C)cc1. The summed E-state index contributed by atoms with van der Waals surface area (Å²) in [5, 5.41) is 0. The average Bonchev–Trinajstić information content (AvgIpc) is 2.30. The number of ketones is 1. The number of thioether (sulfide) groups is 1. The molecule has 0 aliphatic carbocycles. The number of Topliss-reactive ketones (excluding diaryl/α,β-unsaturated/α-hetero) is 1. The van der Waals surface area contributed by atoms with Gasteiger partial charge in [0.05, 0.1) is 0 Å². The summed E-state index contributed by atoms with van der Waals surface area (Å²) >= 11 is 1.87. The van der Waals surface area contributed by atoms with Gasteiger partial charge in [0.2, 0.25) is 0 Å². The second kappa shape index (κ2) is 7.54. The molecule has 0 radical (unpaired) electrons. The molecule has 1 rings (SSSR count). The molecule has 0 atom stereocenters. The Morgan fingerprint density at radius 2 is 1.88 bits per heavy atom. The number of carbonyl (C=O) groups is 1. The van der Waals surface area contributed by atoms with Gasteiger partial charge in [-0.1, -0.05) is 32.9 Å². The van der Waals surface area contributed by atoms with Crippen molar-refractivity contribution in [2.45, 2.75) is 44.9 Å². The number of carbonyl (C=O) groups excluding carboxylic acids is 1. The third-order valence-corrected chi connectivity index (χ3v) is 3.66. The van der Waals surface area contributed by atoms with Crippen LogP contribution in [-0.2, 0) is 0 Å². The van der Waals surface area contributed by atoms with Crippen LogP contribution in [0.1, 0.15) is 50.4 Å². The molecule has 1 aromatic rings. The van der Waals surface area contributed by atoms with Crippen molar-refractivity contribution in [3.05, 3.63) is 29.8 Å². The fourth-order valence-electron chi connectivity index (χ4n) is 1.52. The van der Waals surface area contributed by atoms with Gasteiger partial charge in [-0.2, -0.15) is 0 Å². The molecule has 1 aromatic carbocycles. The monoisotopic (exact) mass is 250 g/mol. The van der Waals surface area contributed by atoms with Gasteiger partial charge in [-0.15, -0.1) is 11.8 Å². The van der Waals surface area contributed by atoms with Crippen LogP contribution in [0.25, 0.3) is 0 Å². The van der Waals surface area contributed by atoms with Gasteiger partial charge in [-0.05, 0) is 36.6 Å². The van der Waals surface area contributed by atoms with Crippen LogP contribution in [0, 0.1) is 5.92 Å². The lowest BCUT2D eigenvalue weighted by Gasteiger charge is -2.05. The maximum Gasteiger partial charge on any atom is 0.162 e. The summed E-state index contributed by atoms with van der Waals surface area (Å²) in [7, 11) is 0. The fraction of sp³-hybridized carbons (Fsp3) is 0.533. The van der Waals surface area contributed by atoms with Crippen molar-refractivity contribution in [2.75, 3.05) is 5.75 Å². The number of rotatable bonds is 7. The van der Waals surface area contributed by atoms with Crippen LogP contribution in [0.15, 0.2) is 29.2 Å². The Labute approximate surface area is 109 Å². The van der Waals surface area contributed by atoms with E-state index in [1.165, 1.54) is 11.3 Å². The van der Waals surface area contributed by atoms with Crippen molar-refractivity contribution >= 4 is 17.5 Å². The lowest BCUT2D eigenvalue weighted by atomic mass is 10.1. The quantitative estimate of drug-likeness (QED) is 0.510. The summed E-state index contributed by atoms with van der Waals surface area (Å²) in [6.45, 7) is 6.52. The van der Waals surface area contributed by atoms with Crippen LogP contribution in [0.3, 0.4) is 0 Å². The molecule has 0 saturated heterocycles. The van der Waals surface area contributed by atoms with Gasteiger partial charge in [0.15, 0.2) is 5.78 Å². The molecule has 0 bridgehead atoms. The highest BCUT2D eigenvalue weighted by atomic mass is 32.2. The third kappa shape index (κ3) is 5.40. The topological polar surface area (TPSA) is 17.1 Å². The van der Waals surface area contributed by atoms with Crippen molar-refractivity contribution in [1.29, 1.82) is 0 Å². The van der Waals surface area contributed by atoms with Crippen molar-refractivity contribution in [3.63, 3.8) is 0 Å². The van der Waals surface area contributed by atoms with Crippen LogP contribution >= 0.6 is 11.8 Å². The third-order valence-electron chi connectivity index (χ3n) is 2.62. The summed E-state index contributed by atoms with van der Waals surface area (Å²) in [5.41, 5.74) is 0.847. The Hall–Kier alpha value is -0.760. The highest BCUT2D eigenvalue weighted by Crippen LogP contribution is 2.21. The molecule has 0 aliphatic rings. The van der Waals surface area contributed by atoms with Crippen molar-refractivity contribution < 1.29 is 4.79 Å². The summed E-state index contributed by atoms with van der Waals surface area (Å²) in [5.74, 6) is 2.17. The van der Waals surface area contributed by atoms with E-state index in [9.17, 15) is 4.79 Å². The van der Waals surface area contributed by atoms with E-state index in [4.69, 9.17) is 0 Å². The zero-order valence-corrected chi connectivity index (χ0v) is 11.8. The van der Waals surface area contributed by atoms with E-state index in [0.717, 1.165) is 23.7 Å². The second-order valence-electron chi connectivity index (χ2n) is 4.73. The molecule has 0 saturated carbocycles. The van der Waals surface area contributed by atoms with Gasteiger partial charge in [0.25, 0.3) is 0 Å². The van der Waals surface area contributed by atoms with Crippen LogP contribution in [0.4, 0.5) is 0 Å². The molecule has 0 aliphatic heterocycles. The highest BCUT2D eigenvalue weighted by Gasteiger charge is 2.04. The molecule has 0 amide bonds. The minimum Gasteiger partial charge on any atom is -0.294 e. The second-order valence-corrected chi connectivity index (χ2v) is 5.90. The molecule has 0 aromatic heterocycles. The molecule has 0 fully saturated rings. The van der Waals surface area contributed by atoms with Crippen molar-refractivity contribution in [1.82, 2.24) is 0 Å². The van der Waals surface area contributed by atoms with Crippen LogP contribution in [0.2, 0.25) is 0 Å². The maximum atomic E-state index is 11.7. The van der Waals surface area contributed by atoms with E-state index >= 15 is 0 Å². The predicted octanol–water partition coefficient (Wildman–Crippen LogP) is 4.81. The maximum absolute atomic E-state index is 11.7. The van der Waals surface area contributed by atoms with Crippen LogP contribution < -0.4 is 0 Å². The lowest BCUT2D eigenvalue weighted by molar-refractivity contribution is 0.0981. The smallest absolute Gasteiger partial charge is 0.162 e. The Morgan fingerprint density at radius 3 is 2.41 bits per heavy atom. The largest absolute Gasteiger partial charge is 0.294 e. The predicted molar refractivity (Wildman–Crippen MR) is 75.9 cm³/mol. The zero-order valence-electron chi connectivity index (χ0n) is 11.0. The first-order chi connectivity index (χ1) is 8.13. The van der Waals surface area contributed by atoms with E-state index in [1.54, 1.807) is 0 Å². The molecule has 0 heterocycles. The van der Waals surface area contributed by atoms with Gasteiger partial charge in [0, 0.05) is 16.9 Å². The Kier molecular flexibility index (Phi) is 6.35. The molecule has 0 N–H and O–H groups in total. The van der Waals surface area contributed by atoms with E-state index in [2.05, 4.69) is 26.0 Å². The van der Waals surface area contributed by atoms with Gasteiger partial charge < -0.3 is 0 Å². The van der Waals surface area contributed by atoms with E-state index in [1.807, 2.05) is 30.8 Å². The fourth-order valence-corrected chi connectivity index (χ4v) is 2.67. The lowest BCUT2D eigenvalue weighted by Crippen LogP contribution is -1.97. The van der Waals surface area contributed by atoms with Gasteiger partial charge >= 0.3 is 0 Å². The summed E-state index contributed by atoms with van der Waals surface area (Å²) < 4.78 is 0. The zero-order chi connectivity index (χ0) is 12.7. The first-order valence-corrected chi connectivity index (χ1v) is 7.38. The van der Waals surface area contributed by atoms with Gasteiger partial charge in [-0.25, -0.2) is 0 Å². The summed E-state index contributed by atoms with van der Waals surface area (Å²) in [6, 6.07) is 8.03. The molecule has 2 heteroatoms. The van der Waals surface area contributed by atoms with Crippen molar-refractivity contribution in [2.24, 2.45) is 5.92 Å². The van der Waals surface area contributed by atoms with E-state index in [-0.39, 0.29) is 5.78 Å². The normalized spacial score (nSPS) is 10.8. The molecule has 1 nitrogen and oxygen atoms in total. The van der Waals surface area contributed by atoms with E-state index in [0.29, 0.717) is 6.42 Å². The molecule has 0 unspecified atom stereocenters. The Bertz CT molecular complexity index is 340. The molecule has 0 spiro atoms. The summed E-state index contributed by atoms with van der Waals surface area (Å²) in [4.78, 5) is 12.9. The van der Waals surface area contributed by atoms with Crippen molar-refractivity contribution in [3.8, 4) is 0 Å². The first kappa shape index (κ1) is 14.3. The van der Waals surface area contributed by atoms with Gasteiger partial charge in [-0.3, -0.25) is 4.79 Å². The number of hydrogen-bond acceptors (Lipinski definition) is 2. The van der Waals surface area contributed by atoms with Gasteiger partial charge in [0.1, 0.15) is 0 Å². The van der Waals surface area contributed by atoms with Crippen LogP contribution in [0.5, 0.6) is 0 Å². The average molecular weight is 250 g/mol. The summed E-state index contributed by atoms with van der Waals surface area (Å²) in [6.07, 6.45) is 2.81. The molecular formula is C15H22OS. The minimum absolute atomic E-state index is 0.256. The highest BCUT2D eigenvalue weighted by molar-refractivity contribution is 7.99. The van der Waals surface area contributed by atoms with E-state index < -0.39 is 0 Å². The number of hydrogen-bond donors (Lipinski definition) is 0. The first-order valence-electron chi connectivity index (χ1n) is 6.39. The van der Waals surface area contributed by atoms with Crippen LogP contribution in [-0.4, -0.2) is 11.5 Å².